The van der Waals surface area contributed by atoms with Gasteiger partial charge in [0.15, 0.2) is 5.78 Å². The lowest BCUT2D eigenvalue weighted by Gasteiger charge is -2.13. The van der Waals surface area contributed by atoms with Crippen molar-refractivity contribution in [1.29, 1.82) is 0 Å². The second-order valence-electron chi connectivity index (χ2n) is 10.8. The third kappa shape index (κ3) is 9.74. The van der Waals surface area contributed by atoms with E-state index in [1.165, 1.54) is 24.3 Å². The number of carbonyl (C=O) groups is 1. The summed E-state index contributed by atoms with van der Waals surface area (Å²) in [7, 11) is -1.30. The van der Waals surface area contributed by atoms with Crippen LogP contribution in [0.3, 0.4) is 0 Å². The van der Waals surface area contributed by atoms with Crippen LogP contribution < -0.4 is 4.74 Å². The van der Waals surface area contributed by atoms with Crippen molar-refractivity contribution in [3.8, 4) is 16.9 Å². The smallest absolute Gasteiger partial charge is 0.416 e. The maximum atomic E-state index is 13.8. The number of rotatable bonds is 16. The molecule has 0 fully saturated rings. The number of hydrogen-bond donors (Lipinski definition) is 0. The zero-order valence-corrected chi connectivity index (χ0v) is 27.1. The van der Waals surface area contributed by atoms with Crippen LogP contribution in [0.4, 0.5) is 13.2 Å². The van der Waals surface area contributed by atoms with Gasteiger partial charge in [-0.05, 0) is 85.0 Å². The van der Waals surface area contributed by atoms with Gasteiger partial charge >= 0.3 is 6.18 Å². The first-order chi connectivity index (χ1) is 22.1. The van der Waals surface area contributed by atoms with Gasteiger partial charge in [-0.25, -0.2) is 4.98 Å². The SMILES string of the molecule is CCCCOCCOc1ccc(-c2ccc(C(F)(F)F)c(/C=C/C(=O)Cc3ccc(S(=O)Cc4c(C)ncn4CC)cc3)c2)cc1. The monoisotopic (exact) mass is 652 g/mol. The van der Waals surface area contributed by atoms with Crippen molar-refractivity contribution in [3.05, 3.63) is 107 Å². The average molecular weight is 653 g/mol. The second kappa shape index (κ2) is 16.5. The van der Waals surface area contributed by atoms with Gasteiger partial charge in [0.05, 0.1) is 46.4 Å². The number of aromatic nitrogens is 2. The molecule has 0 bridgehead atoms. The Bertz CT molecular complexity index is 1650. The molecule has 3 aromatic carbocycles. The summed E-state index contributed by atoms with van der Waals surface area (Å²) < 4.78 is 67.6. The van der Waals surface area contributed by atoms with Gasteiger partial charge in [-0.2, -0.15) is 13.2 Å². The Balaban J connectivity index is 1.40. The van der Waals surface area contributed by atoms with Crippen molar-refractivity contribution in [3.63, 3.8) is 0 Å². The zero-order chi connectivity index (χ0) is 33.1. The highest BCUT2D eigenvalue weighted by atomic mass is 32.2. The molecule has 1 heterocycles. The summed E-state index contributed by atoms with van der Waals surface area (Å²) >= 11 is 0. The van der Waals surface area contributed by atoms with E-state index in [0.717, 1.165) is 36.8 Å². The van der Waals surface area contributed by atoms with Crippen LogP contribution >= 0.6 is 0 Å². The number of benzene rings is 3. The molecule has 4 rings (SSSR count). The van der Waals surface area contributed by atoms with Crippen molar-refractivity contribution in [2.75, 3.05) is 19.8 Å². The minimum Gasteiger partial charge on any atom is -0.491 e. The number of aryl methyl sites for hydroxylation is 2. The Labute approximate surface area is 270 Å². The lowest BCUT2D eigenvalue weighted by atomic mass is 9.98. The number of ether oxygens (including phenoxy) is 2. The molecule has 0 aliphatic rings. The van der Waals surface area contributed by atoms with Crippen molar-refractivity contribution in [2.24, 2.45) is 0 Å². The van der Waals surface area contributed by atoms with E-state index in [9.17, 15) is 22.2 Å². The van der Waals surface area contributed by atoms with E-state index in [4.69, 9.17) is 9.47 Å². The van der Waals surface area contributed by atoms with Crippen LogP contribution in [-0.2, 0) is 45.2 Å². The summed E-state index contributed by atoms with van der Waals surface area (Å²) in [6.07, 6.45) is 1.60. The molecule has 10 heteroatoms. The van der Waals surface area contributed by atoms with Crippen molar-refractivity contribution in [2.45, 2.75) is 63.4 Å². The van der Waals surface area contributed by atoms with E-state index >= 15 is 0 Å². The maximum Gasteiger partial charge on any atom is 0.416 e. The lowest BCUT2D eigenvalue weighted by molar-refractivity contribution is -0.137. The van der Waals surface area contributed by atoms with E-state index < -0.39 is 22.5 Å². The maximum absolute atomic E-state index is 13.8. The molecular weight excluding hydrogens is 613 g/mol. The van der Waals surface area contributed by atoms with Crippen LogP contribution in [-0.4, -0.2) is 39.4 Å². The first-order valence-electron chi connectivity index (χ1n) is 15.3. The van der Waals surface area contributed by atoms with Gasteiger partial charge < -0.3 is 14.0 Å². The van der Waals surface area contributed by atoms with Gasteiger partial charge in [0.25, 0.3) is 0 Å². The first-order valence-corrected chi connectivity index (χ1v) is 16.6. The highest BCUT2D eigenvalue weighted by molar-refractivity contribution is 7.84. The highest BCUT2D eigenvalue weighted by Crippen LogP contribution is 2.35. The number of alkyl halides is 3. The number of nitrogens with zero attached hydrogens (tertiary/aromatic N) is 2. The standard InChI is InChI=1S/C36H39F3N2O4S/c1-4-6-19-44-20-21-45-32-14-10-28(11-15-32)29-12-18-34(36(37,38)39)30(23-29)9-13-31(42)22-27-7-16-33(17-8-27)46(43)24-35-26(3)40-25-41(35)5-2/h7-18,23,25H,4-6,19-22,24H2,1-3H3/b13-9+. The molecule has 1 aromatic heterocycles. The fourth-order valence-corrected chi connectivity index (χ4v) is 6.06. The van der Waals surface area contributed by atoms with E-state index in [0.29, 0.717) is 52.9 Å². The summed E-state index contributed by atoms with van der Waals surface area (Å²) in [5, 5.41) is 0. The Morgan fingerprint density at radius 3 is 2.35 bits per heavy atom. The minimum atomic E-state index is -4.59. The molecule has 244 valence electrons. The molecule has 1 atom stereocenters. The largest absolute Gasteiger partial charge is 0.491 e. The van der Waals surface area contributed by atoms with Crippen molar-refractivity contribution >= 4 is 22.7 Å². The Hall–Kier alpha value is -4.02. The molecule has 0 aliphatic carbocycles. The van der Waals surface area contributed by atoms with Crippen molar-refractivity contribution < 1.29 is 31.6 Å². The van der Waals surface area contributed by atoms with E-state index in [1.807, 2.05) is 18.4 Å². The summed E-state index contributed by atoms with van der Waals surface area (Å²) in [5.74, 6) is 0.613. The van der Waals surface area contributed by atoms with E-state index in [1.54, 1.807) is 54.9 Å². The van der Waals surface area contributed by atoms with Gasteiger partial charge in [0.2, 0.25) is 0 Å². The fourth-order valence-electron chi connectivity index (χ4n) is 4.83. The summed E-state index contributed by atoms with van der Waals surface area (Å²) in [6.45, 7) is 8.29. The molecule has 0 N–H and O–H groups in total. The lowest BCUT2D eigenvalue weighted by Crippen LogP contribution is -2.08. The second-order valence-corrected chi connectivity index (χ2v) is 12.3. The van der Waals surface area contributed by atoms with Crippen molar-refractivity contribution in [1.82, 2.24) is 9.55 Å². The van der Waals surface area contributed by atoms with Crippen LogP contribution in [0.25, 0.3) is 17.2 Å². The van der Waals surface area contributed by atoms with Gasteiger partial charge in [-0.1, -0.05) is 49.8 Å². The number of hydrogen-bond acceptors (Lipinski definition) is 5. The minimum absolute atomic E-state index is 0.00270. The van der Waals surface area contributed by atoms with E-state index in [2.05, 4.69) is 11.9 Å². The molecule has 0 aliphatic heterocycles. The molecule has 6 nitrogen and oxygen atoms in total. The van der Waals surface area contributed by atoms with Gasteiger partial charge in [0.1, 0.15) is 12.4 Å². The number of allylic oxidation sites excluding steroid dienone is 1. The molecule has 0 saturated carbocycles. The number of halogens is 3. The van der Waals surface area contributed by atoms with Crippen LogP contribution in [0, 0.1) is 6.92 Å². The number of carbonyl (C=O) groups excluding carboxylic acids is 1. The summed E-state index contributed by atoms with van der Waals surface area (Å²) in [6, 6.07) is 17.8. The molecule has 46 heavy (non-hydrogen) atoms. The number of unbranched alkanes of at least 4 members (excludes halogenated alkanes) is 1. The molecule has 0 spiro atoms. The van der Waals surface area contributed by atoms with Gasteiger partial charge in [-0.15, -0.1) is 0 Å². The normalized spacial score (nSPS) is 12.5. The average Bonchev–Trinajstić information content (AvgIpc) is 3.40. The third-order valence-corrected chi connectivity index (χ3v) is 8.79. The topological polar surface area (TPSA) is 70.4 Å². The van der Waals surface area contributed by atoms with Gasteiger partial charge in [0, 0.05) is 24.5 Å². The van der Waals surface area contributed by atoms with E-state index in [-0.39, 0.29) is 17.8 Å². The molecular formula is C36H39F3N2O4S. The quantitative estimate of drug-likeness (QED) is 0.0901. The number of ketones is 1. The molecule has 0 saturated heterocycles. The molecule has 4 aromatic rings. The van der Waals surface area contributed by atoms with Crippen LogP contribution in [0.5, 0.6) is 5.75 Å². The van der Waals surface area contributed by atoms with Crippen LogP contribution in [0.15, 0.2) is 84.0 Å². The first kappa shape index (κ1) is 34.8. The third-order valence-electron chi connectivity index (χ3n) is 7.46. The Morgan fingerprint density at radius 1 is 0.957 bits per heavy atom. The zero-order valence-electron chi connectivity index (χ0n) is 26.3. The van der Waals surface area contributed by atoms with Crippen LogP contribution in [0.2, 0.25) is 0 Å². The molecule has 0 radical (unpaired) electrons. The summed E-state index contributed by atoms with van der Waals surface area (Å²) in [5.41, 5.74) is 2.79. The molecule has 1 unspecified atom stereocenters. The molecule has 0 amide bonds. The Morgan fingerprint density at radius 2 is 1.67 bits per heavy atom. The Kier molecular flexibility index (Phi) is 12.5. The summed E-state index contributed by atoms with van der Waals surface area (Å²) in [4.78, 5) is 17.7. The predicted molar refractivity (Wildman–Crippen MR) is 175 cm³/mol. The highest BCUT2D eigenvalue weighted by Gasteiger charge is 2.32. The number of imidazole rings is 1. The van der Waals surface area contributed by atoms with Gasteiger partial charge in [-0.3, -0.25) is 9.00 Å². The van der Waals surface area contributed by atoms with Crippen LogP contribution in [0.1, 0.15) is 54.8 Å². The fraction of sp³-hybridized carbons (Fsp3) is 0.333. The predicted octanol–water partition coefficient (Wildman–Crippen LogP) is 8.23.